The van der Waals surface area contributed by atoms with Gasteiger partial charge in [0.05, 0.1) is 5.56 Å². The molecule has 0 spiro atoms. The smallest absolute Gasteiger partial charge is 0.254 e. The average Bonchev–Trinajstić information content (AvgIpc) is 2.66. The number of carbonyl (C=O) groups is 1. The van der Waals surface area contributed by atoms with Crippen molar-refractivity contribution in [1.82, 2.24) is 10.3 Å². The number of carbonyl (C=O) groups excluding carboxylic acids is 1. The summed E-state index contributed by atoms with van der Waals surface area (Å²) < 4.78 is 19.2. The van der Waals surface area contributed by atoms with Crippen LogP contribution in [0.25, 0.3) is 0 Å². The molecule has 0 aliphatic carbocycles. The largest absolute Gasteiger partial charge is 0.489 e. The normalized spacial score (nSPS) is 10.3. The van der Waals surface area contributed by atoms with Crippen LogP contribution in [0.1, 0.15) is 21.5 Å². The number of benzene rings is 2. The molecule has 3 rings (SSSR count). The van der Waals surface area contributed by atoms with E-state index in [9.17, 15) is 9.18 Å². The quantitative estimate of drug-likeness (QED) is 0.746. The number of rotatable bonds is 6. The third-order valence-electron chi connectivity index (χ3n) is 3.62. The minimum Gasteiger partial charge on any atom is -0.489 e. The van der Waals surface area contributed by atoms with Gasteiger partial charge >= 0.3 is 0 Å². The van der Waals surface area contributed by atoms with Gasteiger partial charge in [-0.05, 0) is 35.9 Å². The van der Waals surface area contributed by atoms with Gasteiger partial charge in [-0.2, -0.15) is 0 Å². The SMILES string of the molecule is O=C(NCc1ccc(OCc2cccnc2)cc1)c1ccccc1F. The van der Waals surface area contributed by atoms with Crippen LogP contribution < -0.4 is 10.1 Å². The van der Waals surface area contributed by atoms with Crippen molar-refractivity contribution >= 4 is 5.91 Å². The second-order valence-electron chi connectivity index (χ2n) is 5.46. The Hall–Kier alpha value is -3.21. The number of aromatic nitrogens is 1. The van der Waals surface area contributed by atoms with E-state index < -0.39 is 11.7 Å². The van der Waals surface area contributed by atoms with Crippen molar-refractivity contribution in [3.63, 3.8) is 0 Å². The summed E-state index contributed by atoms with van der Waals surface area (Å²) >= 11 is 0. The highest BCUT2D eigenvalue weighted by Gasteiger charge is 2.10. The molecular formula is C20H17FN2O2. The fraction of sp³-hybridized carbons (Fsp3) is 0.100. The van der Waals surface area contributed by atoms with Crippen molar-refractivity contribution < 1.29 is 13.9 Å². The first-order chi connectivity index (χ1) is 12.2. The van der Waals surface area contributed by atoms with Gasteiger partial charge in [0.25, 0.3) is 5.91 Å². The number of hydrogen-bond donors (Lipinski definition) is 1. The van der Waals surface area contributed by atoms with Gasteiger partial charge in [0.15, 0.2) is 0 Å². The van der Waals surface area contributed by atoms with E-state index in [0.717, 1.165) is 16.9 Å². The Bertz CT molecular complexity index is 836. The number of halogens is 1. The summed E-state index contributed by atoms with van der Waals surface area (Å²) in [6.45, 7) is 0.757. The van der Waals surface area contributed by atoms with E-state index in [1.807, 2.05) is 36.4 Å². The zero-order chi connectivity index (χ0) is 17.5. The van der Waals surface area contributed by atoms with Crippen molar-refractivity contribution in [2.45, 2.75) is 13.2 Å². The summed E-state index contributed by atoms with van der Waals surface area (Å²) in [5, 5.41) is 2.71. The van der Waals surface area contributed by atoms with Gasteiger partial charge in [0.2, 0.25) is 0 Å². The lowest BCUT2D eigenvalue weighted by Gasteiger charge is -2.08. The second-order valence-corrected chi connectivity index (χ2v) is 5.46. The third kappa shape index (κ3) is 4.64. The van der Waals surface area contributed by atoms with Crippen LogP contribution >= 0.6 is 0 Å². The Kier molecular flexibility index (Phi) is 5.36. The van der Waals surface area contributed by atoms with Gasteiger partial charge in [-0.1, -0.05) is 30.3 Å². The highest BCUT2D eigenvalue weighted by atomic mass is 19.1. The highest BCUT2D eigenvalue weighted by molar-refractivity contribution is 5.94. The second kappa shape index (κ2) is 8.06. The lowest BCUT2D eigenvalue weighted by atomic mass is 10.2. The molecule has 0 aliphatic rings. The molecule has 1 aromatic heterocycles. The number of hydrogen-bond acceptors (Lipinski definition) is 3. The maximum atomic E-state index is 13.6. The summed E-state index contributed by atoms with van der Waals surface area (Å²) in [6, 6.07) is 17.1. The Morgan fingerprint density at radius 1 is 1.00 bits per heavy atom. The van der Waals surface area contributed by atoms with Gasteiger partial charge in [-0.3, -0.25) is 9.78 Å². The zero-order valence-corrected chi connectivity index (χ0v) is 13.5. The van der Waals surface area contributed by atoms with Crippen LogP contribution in [0.2, 0.25) is 0 Å². The van der Waals surface area contributed by atoms with E-state index in [-0.39, 0.29) is 5.56 Å². The fourth-order valence-electron chi connectivity index (χ4n) is 2.28. The number of nitrogens with zero attached hydrogens (tertiary/aromatic N) is 1. The summed E-state index contributed by atoms with van der Waals surface area (Å²) in [4.78, 5) is 16.0. The van der Waals surface area contributed by atoms with Gasteiger partial charge in [-0.15, -0.1) is 0 Å². The monoisotopic (exact) mass is 336 g/mol. The predicted molar refractivity (Wildman–Crippen MR) is 92.6 cm³/mol. The van der Waals surface area contributed by atoms with E-state index in [1.54, 1.807) is 24.5 Å². The molecule has 0 radical (unpaired) electrons. The van der Waals surface area contributed by atoms with Crippen LogP contribution in [0, 0.1) is 5.82 Å². The van der Waals surface area contributed by atoms with E-state index in [2.05, 4.69) is 10.3 Å². The standard InChI is InChI=1S/C20H17FN2O2/c21-19-6-2-1-5-18(19)20(24)23-13-15-7-9-17(10-8-15)25-14-16-4-3-11-22-12-16/h1-12H,13-14H2,(H,23,24). The Labute approximate surface area is 145 Å². The molecule has 0 bridgehead atoms. The van der Waals surface area contributed by atoms with E-state index in [1.165, 1.54) is 12.1 Å². The summed E-state index contributed by atoms with van der Waals surface area (Å²) in [5.41, 5.74) is 1.93. The van der Waals surface area contributed by atoms with Crippen LogP contribution in [0.3, 0.4) is 0 Å². The molecule has 1 heterocycles. The minimum absolute atomic E-state index is 0.0407. The maximum absolute atomic E-state index is 13.6. The molecule has 3 aromatic rings. The van der Waals surface area contributed by atoms with Crippen molar-refractivity contribution in [3.8, 4) is 5.75 Å². The Morgan fingerprint density at radius 3 is 2.52 bits per heavy atom. The van der Waals surface area contributed by atoms with Crippen molar-refractivity contribution in [3.05, 3.63) is 95.6 Å². The number of pyridine rings is 1. The first-order valence-corrected chi connectivity index (χ1v) is 7.86. The number of amides is 1. The predicted octanol–water partition coefficient (Wildman–Crippen LogP) is 3.73. The zero-order valence-electron chi connectivity index (χ0n) is 13.5. The van der Waals surface area contributed by atoms with E-state index in [4.69, 9.17) is 4.74 Å². The summed E-state index contributed by atoms with van der Waals surface area (Å²) in [7, 11) is 0. The van der Waals surface area contributed by atoms with Crippen LogP contribution in [-0.4, -0.2) is 10.9 Å². The van der Waals surface area contributed by atoms with Crippen LogP contribution in [0.15, 0.2) is 73.1 Å². The number of nitrogens with one attached hydrogen (secondary N) is 1. The molecule has 1 N–H and O–H groups in total. The Balaban J connectivity index is 1.52. The number of ether oxygens (including phenoxy) is 1. The van der Waals surface area contributed by atoms with Crippen molar-refractivity contribution in [2.24, 2.45) is 0 Å². The first kappa shape index (κ1) is 16.6. The third-order valence-corrected chi connectivity index (χ3v) is 3.62. The first-order valence-electron chi connectivity index (χ1n) is 7.86. The molecule has 0 saturated heterocycles. The highest BCUT2D eigenvalue weighted by Crippen LogP contribution is 2.14. The van der Waals surface area contributed by atoms with Gasteiger partial charge in [0, 0.05) is 24.5 Å². The lowest BCUT2D eigenvalue weighted by Crippen LogP contribution is -2.23. The summed E-state index contributed by atoms with van der Waals surface area (Å²) in [6.07, 6.45) is 3.47. The summed E-state index contributed by atoms with van der Waals surface area (Å²) in [5.74, 6) is -0.234. The minimum atomic E-state index is -0.529. The Morgan fingerprint density at radius 2 is 1.80 bits per heavy atom. The molecule has 5 heteroatoms. The lowest BCUT2D eigenvalue weighted by molar-refractivity contribution is 0.0947. The van der Waals surface area contributed by atoms with E-state index in [0.29, 0.717) is 13.2 Å². The van der Waals surface area contributed by atoms with Crippen LogP contribution in [0.4, 0.5) is 4.39 Å². The van der Waals surface area contributed by atoms with Gasteiger partial charge < -0.3 is 10.1 Å². The molecule has 25 heavy (non-hydrogen) atoms. The molecule has 0 aliphatic heterocycles. The molecule has 4 nitrogen and oxygen atoms in total. The van der Waals surface area contributed by atoms with Crippen LogP contribution in [-0.2, 0) is 13.2 Å². The topological polar surface area (TPSA) is 51.2 Å². The van der Waals surface area contributed by atoms with Crippen molar-refractivity contribution in [1.29, 1.82) is 0 Å². The van der Waals surface area contributed by atoms with Gasteiger partial charge in [0.1, 0.15) is 18.2 Å². The fourth-order valence-corrected chi connectivity index (χ4v) is 2.28. The molecule has 0 saturated carbocycles. The molecule has 126 valence electrons. The molecule has 0 fully saturated rings. The maximum Gasteiger partial charge on any atom is 0.254 e. The average molecular weight is 336 g/mol. The van der Waals surface area contributed by atoms with Crippen LogP contribution in [0.5, 0.6) is 5.75 Å². The molecule has 2 aromatic carbocycles. The van der Waals surface area contributed by atoms with E-state index >= 15 is 0 Å². The molecular weight excluding hydrogens is 319 g/mol. The van der Waals surface area contributed by atoms with Crippen molar-refractivity contribution in [2.75, 3.05) is 0 Å². The molecule has 0 atom stereocenters. The molecule has 1 amide bonds. The molecule has 0 unspecified atom stereocenters. The van der Waals surface area contributed by atoms with Gasteiger partial charge in [-0.25, -0.2) is 4.39 Å².